The average Bonchev–Trinajstić information content (AvgIpc) is 2.56. The fourth-order valence-electron chi connectivity index (χ4n) is 3.14. The van der Waals surface area contributed by atoms with E-state index in [1.165, 1.54) is 16.2 Å². The third-order valence-corrected chi connectivity index (χ3v) is 4.54. The number of carbonyl (C=O) groups is 1. The SMILES string of the molecule is CC(C)CC(=O)NC[C@H](c1ccc(N(C)C)cc1)[NH+]1CCOCC1. The van der Waals surface area contributed by atoms with Crippen LogP contribution in [0.5, 0.6) is 0 Å². The van der Waals surface area contributed by atoms with Crippen molar-refractivity contribution in [3.05, 3.63) is 29.8 Å². The maximum absolute atomic E-state index is 12.1. The largest absolute Gasteiger partial charge is 0.378 e. The van der Waals surface area contributed by atoms with Gasteiger partial charge >= 0.3 is 0 Å². The molecule has 1 aromatic rings. The van der Waals surface area contributed by atoms with Crippen LogP contribution in [0.1, 0.15) is 31.9 Å². The highest BCUT2D eigenvalue weighted by Crippen LogP contribution is 2.16. The summed E-state index contributed by atoms with van der Waals surface area (Å²) in [7, 11) is 4.09. The molecule has 24 heavy (non-hydrogen) atoms. The Labute approximate surface area is 146 Å². The molecule has 1 atom stereocenters. The molecule has 0 unspecified atom stereocenters. The van der Waals surface area contributed by atoms with Gasteiger partial charge in [0.2, 0.25) is 5.91 Å². The quantitative estimate of drug-likeness (QED) is 0.778. The average molecular weight is 334 g/mol. The van der Waals surface area contributed by atoms with E-state index in [1.807, 2.05) is 14.1 Å². The van der Waals surface area contributed by atoms with Crippen LogP contribution >= 0.6 is 0 Å². The molecule has 1 amide bonds. The topological polar surface area (TPSA) is 46.0 Å². The van der Waals surface area contributed by atoms with E-state index >= 15 is 0 Å². The molecular formula is C19H32N3O2+. The maximum atomic E-state index is 12.1. The van der Waals surface area contributed by atoms with Crippen LogP contribution in [-0.2, 0) is 9.53 Å². The first-order valence-corrected chi connectivity index (χ1v) is 8.93. The molecule has 2 N–H and O–H groups in total. The molecule has 2 rings (SSSR count). The summed E-state index contributed by atoms with van der Waals surface area (Å²) in [5.74, 6) is 0.533. The third kappa shape index (κ3) is 5.49. The van der Waals surface area contributed by atoms with E-state index < -0.39 is 0 Å². The van der Waals surface area contributed by atoms with Crippen molar-refractivity contribution < 1.29 is 14.4 Å². The second kappa shape index (κ2) is 9.04. The molecule has 0 aliphatic carbocycles. The van der Waals surface area contributed by atoms with Crippen molar-refractivity contribution in [3.8, 4) is 0 Å². The van der Waals surface area contributed by atoms with E-state index in [0.717, 1.165) is 26.3 Å². The van der Waals surface area contributed by atoms with Crippen LogP contribution in [0.25, 0.3) is 0 Å². The first-order valence-electron chi connectivity index (χ1n) is 8.93. The van der Waals surface area contributed by atoms with E-state index in [0.29, 0.717) is 18.9 Å². The minimum atomic E-state index is 0.146. The lowest BCUT2D eigenvalue weighted by Gasteiger charge is -2.32. The second-order valence-electron chi connectivity index (χ2n) is 7.21. The molecule has 1 aromatic carbocycles. The fourth-order valence-corrected chi connectivity index (χ4v) is 3.14. The van der Waals surface area contributed by atoms with Gasteiger partial charge in [-0.05, 0) is 18.1 Å². The van der Waals surface area contributed by atoms with Crippen LogP contribution in [0.15, 0.2) is 24.3 Å². The van der Waals surface area contributed by atoms with Crippen molar-refractivity contribution >= 4 is 11.6 Å². The summed E-state index contributed by atoms with van der Waals surface area (Å²) < 4.78 is 5.50. The minimum Gasteiger partial charge on any atom is -0.378 e. The Bertz CT molecular complexity index is 508. The number of ether oxygens (including phenoxy) is 1. The number of nitrogens with zero attached hydrogens (tertiary/aromatic N) is 1. The van der Waals surface area contributed by atoms with E-state index in [-0.39, 0.29) is 11.9 Å². The maximum Gasteiger partial charge on any atom is 0.220 e. The number of hydrogen-bond acceptors (Lipinski definition) is 3. The number of quaternary nitrogens is 1. The molecule has 0 bridgehead atoms. The Morgan fingerprint density at radius 3 is 2.38 bits per heavy atom. The van der Waals surface area contributed by atoms with E-state index in [1.54, 1.807) is 0 Å². The zero-order valence-electron chi connectivity index (χ0n) is 15.5. The molecule has 1 saturated heterocycles. The van der Waals surface area contributed by atoms with Gasteiger partial charge in [-0.25, -0.2) is 0 Å². The third-order valence-electron chi connectivity index (χ3n) is 4.54. The summed E-state index contributed by atoms with van der Waals surface area (Å²) >= 11 is 0. The zero-order chi connectivity index (χ0) is 17.5. The van der Waals surface area contributed by atoms with E-state index in [4.69, 9.17) is 4.74 Å². The first kappa shape index (κ1) is 18.7. The molecular weight excluding hydrogens is 302 g/mol. The predicted molar refractivity (Wildman–Crippen MR) is 97.5 cm³/mol. The Balaban J connectivity index is 2.08. The zero-order valence-corrected chi connectivity index (χ0v) is 15.5. The van der Waals surface area contributed by atoms with Crippen molar-refractivity contribution in [2.24, 2.45) is 5.92 Å². The summed E-state index contributed by atoms with van der Waals surface area (Å²) in [5, 5.41) is 3.14. The van der Waals surface area contributed by atoms with Crippen molar-refractivity contribution in [1.29, 1.82) is 0 Å². The number of carbonyl (C=O) groups excluding carboxylic acids is 1. The molecule has 5 nitrogen and oxygen atoms in total. The summed E-state index contributed by atoms with van der Waals surface area (Å²) in [5.41, 5.74) is 2.47. The molecule has 0 spiro atoms. The van der Waals surface area contributed by atoms with Crippen molar-refractivity contribution in [1.82, 2.24) is 5.32 Å². The Hall–Kier alpha value is -1.59. The number of nitrogens with one attached hydrogen (secondary N) is 2. The normalized spacial score (nSPS) is 16.9. The monoisotopic (exact) mass is 334 g/mol. The molecule has 0 aromatic heterocycles. The lowest BCUT2D eigenvalue weighted by molar-refractivity contribution is -0.937. The van der Waals surface area contributed by atoms with Crippen LogP contribution in [0, 0.1) is 5.92 Å². The number of amides is 1. The van der Waals surface area contributed by atoms with E-state index in [9.17, 15) is 4.79 Å². The van der Waals surface area contributed by atoms with Gasteiger partial charge in [0.15, 0.2) is 0 Å². The standard InChI is InChI=1S/C19H31N3O2/c1-15(2)13-19(23)20-14-18(22-9-11-24-12-10-22)16-5-7-17(8-6-16)21(3)4/h5-8,15,18H,9-14H2,1-4H3,(H,20,23)/p+1/t18-/m1/s1. The number of hydrogen-bond donors (Lipinski definition) is 2. The Kier molecular flexibility index (Phi) is 7.06. The molecule has 1 aliphatic rings. The highest BCUT2D eigenvalue weighted by Gasteiger charge is 2.27. The Morgan fingerprint density at radius 1 is 1.21 bits per heavy atom. The molecule has 0 radical (unpaired) electrons. The first-order chi connectivity index (χ1) is 11.5. The van der Waals surface area contributed by atoms with Gasteiger partial charge in [-0.1, -0.05) is 26.0 Å². The predicted octanol–water partition coefficient (Wildman–Crippen LogP) is 0.871. The van der Waals surface area contributed by atoms with E-state index in [2.05, 4.69) is 48.3 Å². The molecule has 0 saturated carbocycles. The van der Waals surface area contributed by atoms with Crippen LogP contribution in [0.4, 0.5) is 5.69 Å². The van der Waals surface area contributed by atoms with Gasteiger partial charge in [-0.3, -0.25) is 4.79 Å². The summed E-state index contributed by atoms with van der Waals surface area (Å²) in [6.07, 6.45) is 0.588. The highest BCUT2D eigenvalue weighted by molar-refractivity contribution is 5.76. The van der Waals surface area contributed by atoms with Crippen LogP contribution in [-0.4, -0.2) is 52.9 Å². The number of benzene rings is 1. The lowest BCUT2D eigenvalue weighted by Crippen LogP contribution is -3.15. The summed E-state index contributed by atoms with van der Waals surface area (Å²) in [6.45, 7) is 8.39. The minimum absolute atomic E-state index is 0.146. The van der Waals surface area contributed by atoms with Crippen molar-refractivity contribution in [2.45, 2.75) is 26.3 Å². The molecule has 1 aliphatic heterocycles. The molecule has 5 heteroatoms. The van der Waals surface area contributed by atoms with Gasteiger partial charge < -0.3 is 19.9 Å². The summed E-state index contributed by atoms with van der Waals surface area (Å²) in [6, 6.07) is 8.96. The second-order valence-corrected chi connectivity index (χ2v) is 7.21. The fraction of sp³-hybridized carbons (Fsp3) is 0.632. The molecule has 1 heterocycles. The van der Waals surface area contributed by atoms with Gasteiger partial charge in [-0.15, -0.1) is 0 Å². The number of anilines is 1. The van der Waals surface area contributed by atoms with Crippen LogP contribution < -0.4 is 15.1 Å². The van der Waals surface area contributed by atoms with Gasteiger partial charge in [0.05, 0.1) is 19.8 Å². The molecule has 1 fully saturated rings. The van der Waals surface area contributed by atoms with Crippen molar-refractivity contribution in [2.75, 3.05) is 51.8 Å². The number of rotatable bonds is 7. The van der Waals surface area contributed by atoms with Crippen LogP contribution in [0.3, 0.4) is 0 Å². The van der Waals surface area contributed by atoms with Gasteiger partial charge in [0.1, 0.15) is 19.1 Å². The van der Waals surface area contributed by atoms with Crippen LogP contribution in [0.2, 0.25) is 0 Å². The number of morpholine rings is 1. The highest BCUT2D eigenvalue weighted by atomic mass is 16.5. The smallest absolute Gasteiger partial charge is 0.220 e. The Morgan fingerprint density at radius 2 is 1.83 bits per heavy atom. The van der Waals surface area contributed by atoms with Gasteiger partial charge in [0, 0.05) is 31.8 Å². The van der Waals surface area contributed by atoms with Gasteiger partial charge in [0.25, 0.3) is 0 Å². The molecule has 134 valence electrons. The van der Waals surface area contributed by atoms with Crippen molar-refractivity contribution in [3.63, 3.8) is 0 Å². The van der Waals surface area contributed by atoms with Gasteiger partial charge in [-0.2, -0.15) is 0 Å². The lowest BCUT2D eigenvalue weighted by atomic mass is 10.0. The summed E-state index contributed by atoms with van der Waals surface area (Å²) in [4.78, 5) is 15.7.